The van der Waals surface area contributed by atoms with E-state index in [1.165, 1.54) is 135 Å². The molecule has 0 aliphatic rings. The largest absolute Gasteiger partial charge is 0.352 e. The number of carbonyl (C=O) groups excluding carboxylic acids is 3. The topological polar surface area (TPSA) is 87.3 Å². The molecule has 0 aliphatic heterocycles. The molecule has 6 heteroatoms. The Kier molecular flexibility index (Phi) is 33.1. The predicted octanol–water partition coefficient (Wildman–Crippen LogP) is 16.8. The normalized spacial score (nSPS) is 10.6. The molecule has 75 heavy (non-hydrogen) atoms. The molecule has 3 amide bonds. The maximum Gasteiger partial charge on any atom is 0.253 e. The van der Waals surface area contributed by atoms with E-state index >= 15 is 14.4 Å². The number of hydrogen-bond acceptors (Lipinski definition) is 3. The van der Waals surface area contributed by atoms with Crippen LogP contribution in [0.15, 0.2) is 91.0 Å². The molecule has 402 valence electrons. The molecule has 0 saturated carbocycles. The van der Waals surface area contributed by atoms with E-state index in [1.807, 2.05) is 91.0 Å². The maximum absolute atomic E-state index is 15.2. The zero-order valence-corrected chi connectivity index (χ0v) is 46.7. The first kappa shape index (κ1) is 61.5. The Morgan fingerprint density at radius 3 is 0.693 bits per heavy atom. The lowest BCUT2D eigenvalue weighted by Crippen LogP contribution is -2.34. The summed E-state index contributed by atoms with van der Waals surface area (Å²) >= 11 is 0. The second-order valence-electron chi connectivity index (χ2n) is 20.4. The lowest BCUT2D eigenvalue weighted by molar-refractivity contribution is 0.0952. The van der Waals surface area contributed by atoms with Gasteiger partial charge in [-0.25, -0.2) is 0 Å². The van der Waals surface area contributed by atoms with E-state index in [-0.39, 0.29) is 33.4 Å². The van der Waals surface area contributed by atoms with Gasteiger partial charge in [0.25, 0.3) is 17.7 Å². The molecule has 0 aliphatic carbocycles. The molecule has 0 fully saturated rings. The van der Waals surface area contributed by atoms with Gasteiger partial charge in [-0.15, -0.1) is 0 Å². The van der Waals surface area contributed by atoms with E-state index in [1.54, 1.807) is 0 Å². The van der Waals surface area contributed by atoms with Crippen LogP contribution in [0.2, 0.25) is 0 Å². The van der Waals surface area contributed by atoms with Crippen LogP contribution < -0.4 is 16.0 Å². The SMILES string of the molecule is CCCCCCCCCCCCNC(=O)c1c(C#Cc2ccccc2)c(C(=O)NCCCCCCCCCCCC)c(C#Cc2ccccc2)c(C(=O)NCCCCCCCCCCCC)c1C#Cc1ccccc1. The van der Waals surface area contributed by atoms with Crippen LogP contribution >= 0.6 is 0 Å². The Morgan fingerprint density at radius 1 is 0.280 bits per heavy atom. The minimum atomic E-state index is -0.421. The molecule has 0 radical (unpaired) electrons. The monoisotopic (exact) mass is 1010 g/mol. The smallest absolute Gasteiger partial charge is 0.253 e. The van der Waals surface area contributed by atoms with Crippen LogP contribution in [0.5, 0.6) is 0 Å². The second-order valence-corrected chi connectivity index (χ2v) is 20.4. The third-order valence-corrected chi connectivity index (χ3v) is 13.9. The van der Waals surface area contributed by atoms with Gasteiger partial charge in [0.1, 0.15) is 0 Å². The van der Waals surface area contributed by atoms with Gasteiger partial charge in [-0.3, -0.25) is 14.4 Å². The van der Waals surface area contributed by atoms with Gasteiger partial charge in [-0.1, -0.05) is 284 Å². The van der Waals surface area contributed by atoms with Gasteiger partial charge < -0.3 is 16.0 Å². The molecular formula is C69H93N3O3. The number of hydrogen-bond donors (Lipinski definition) is 3. The van der Waals surface area contributed by atoms with E-state index in [0.29, 0.717) is 19.6 Å². The third-order valence-electron chi connectivity index (χ3n) is 13.9. The molecule has 4 rings (SSSR count). The van der Waals surface area contributed by atoms with Crippen molar-refractivity contribution in [2.45, 2.75) is 213 Å². The highest BCUT2D eigenvalue weighted by Gasteiger charge is 2.32. The molecule has 0 unspecified atom stereocenters. The summed E-state index contributed by atoms with van der Waals surface area (Å²) in [5.74, 6) is 18.6. The number of carbonyl (C=O) groups is 3. The predicted molar refractivity (Wildman–Crippen MR) is 316 cm³/mol. The molecule has 0 aromatic heterocycles. The summed E-state index contributed by atoms with van der Waals surface area (Å²) in [5.41, 5.74) is 3.14. The fourth-order valence-electron chi connectivity index (χ4n) is 9.48. The molecule has 0 spiro atoms. The fourth-order valence-corrected chi connectivity index (χ4v) is 9.48. The van der Waals surface area contributed by atoms with Crippen LogP contribution in [0.4, 0.5) is 0 Å². The standard InChI is InChI=1S/C69H93N3O3/c1-4-7-10-13-16-19-22-25-28-40-55-70-67(73)64-61(52-49-58-43-34-31-35-44-58)65(68(74)71-56-41-29-26-23-20-17-14-11-8-5-2)63(54-51-60-47-38-33-39-48-60)66(62(64)53-50-59-45-36-32-37-46-59)69(75)72-57-42-30-27-24-21-18-15-12-9-6-3/h31-39,43-48H,4-30,40-42,55-57H2,1-3H3,(H,70,73)(H,71,74)(H,72,75). The molecule has 4 aromatic rings. The Hall–Kier alpha value is -6.03. The Labute approximate surface area is 455 Å². The van der Waals surface area contributed by atoms with Crippen molar-refractivity contribution in [2.24, 2.45) is 0 Å². The van der Waals surface area contributed by atoms with Gasteiger partial charge in [0, 0.05) is 36.3 Å². The number of benzene rings is 4. The highest BCUT2D eigenvalue weighted by molar-refractivity contribution is 6.13. The van der Waals surface area contributed by atoms with Crippen LogP contribution in [0.3, 0.4) is 0 Å². The van der Waals surface area contributed by atoms with Crippen molar-refractivity contribution in [3.05, 3.63) is 141 Å². The minimum absolute atomic E-state index is 0.118. The van der Waals surface area contributed by atoms with E-state index in [2.05, 4.69) is 72.2 Å². The molecule has 3 N–H and O–H groups in total. The summed E-state index contributed by atoms with van der Waals surface area (Å²) in [6.07, 6.45) is 35.2. The zero-order valence-electron chi connectivity index (χ0n) is 46.7. The molecule has 6 nitrogen and oxygen atoms in total. The van der Waals surface area contributed by atoms with Gasteiger partial charge in [-0.2, -0.15) is 0 Å². The fraction of sp³-hybridized carbons (Fsp3) is 0.522. The summed E-state index contributed by atoms with van der Waals surface area (Å²) in [7, 11) is 0. The third kappa shape index (κ3) is 25.4. The van der Waals surface area contributed by atoms with Gasteiger partial charge in [-0.05, 0) is 55.7 Å². The first-order chi connectivity index (χ1) is 37.0. The van der Waals surface area contributed by atoms with Crippen molar-refractivity contribution in [3.8, 4) is 35.5 Å². The molecule has 0 atom stereocenters. The van der Waals surface area contributed by atoms with Gasteiger partial charge in [0.05, 0.1) is 33.4 Å². The van der Waals surface area contributed by atoms with Crippen LogP contribution in [0.1, 0.15) is 278 Å². The highest BCUT2D eigenvalue weighted by atomic mass is 16.2. The maximum atomic E-state index is 15.2. The Balaban J connectivity index is 1.82. The average molecular weight is 1010 g/mol. The van der Waals surface area contributed by atoms with E-state index in [4.69, 9.17) is 0 Å². The quantitative estimate of drug-likeness (QED) is 0.0313. The first-order valence-electron chi connectivity index (χ1n) is 29.8. The lowest BCUT2D eigenvalue weighted by Gasteiger charge is -2.20. The average Bonchev–Trinajstić information content (AvgIpc) is 3.43. The summed E-state index contributed by atoms with van der Waals surface area (Å²) in [6.45, 7) is 8.05. The second kappa shape index (κ2) is 40.3. The van der Waals surface area contributed by atoms with Crippen LogP contribution in [0.25, 0.3) is 0 Å². The van der Waals surface area contributed by atoms with Crippen molar-refractivity contribution < 1.29 is 14.4 Å². The summed E-state index contributed by atoms with van der Waals surface area (Å²) in [4.78, 5) is 45.5. The lowest BCUT2D eigenvalue weighted by atomic mass is 9.84. The first-order valence-corrected chi connectivity index (χ1v) is 29.8. The van der Waals surface area contributed by atoms with Crippen molar-refractivity contribution in [2.75, 3.05) is 19.6 Å². The number of amides is 3. The van der Waals surface area contributed by atoms with Crippen molar-refractivity contribution >= 4 is 17.7 Å². The summed E-state index contributed by atoms with van der Waals surface area (Å²) < 4.78 is 0. The van der Waals surface area contributed by atoms with E-state index in [9.17, 15) is 0 Å². The minimum Gasteiger partial charge on any atom is -0.352 e. The van der Waals surface area contributed by atoms with Crippen LogP contribution in [-0.2, 0) is 0 Å². The Bertz CT molecular complexity index is 2120. The van der Waals surface area contributed by atoms with Crippen LogP contribution in [0, 0.1) is 35.5 Å². The summed E-state index contributed by atoms with van der Waals surface area (Å²) in [6, 6.07) is 28.7. The summed E-state index contributed by atoms with van der Waals surface area (Å²) in [5, 5.41) is 9.66. The molecule has 0 bridgehead atoms. The van der Waals surface area contributed by atoms with Crippen molar-refractivity contribution in [1.29, 1.82) is 0 Å². The van der Waals surface area contributed by atoms with Crippen molar-refractivity contribution in [3.63, 3.8) is 0 Å². The number of rotatable bonds is 36. The van der Waals surface area contributed by atoms with Gasteiger partial charge in [0.2, 0.25) is 0 Å². The highest BCUT2D eigenvalue weighted by Crippen LogP contribution is 2.30. The van der Waals surface area contributed by atoms with Crippen LogP contribution in [-0.4, -0.2) is 37.4 Å². The van der Waals surface area contributed by atoms with Gasteiger partial charge in [0.15, 0.2) is 0 Å². The van der Waals surface area contributed by atoms with E-state index in [0.717, 1.165) is 74.5 Å². The molecular weight excluding hydrogens is 919 g/mol. The number of nitrogens with one attached hydrogen (secondary N) is 3. The zero-order chi connectivity index (χ0) is 53.2. The molecule has 4 aromatic carbocycles. The van der Waals surface area contributed by atoms with Gasteiger partial charge >= 0.3 is 0 Å². The van der Waals surface area contributed by atoms with Crippen molar-refractivity contribution in [1.82, 2.24) is 16.0 Å². The Morgan fingerprint density at radius 2 is 0.480 bits per heavy atom. The number of unbranched alkanes of at least 4 members (excludes halogenated alkanes) is 27. The van der Waals surface area contributed by atoms with E-state index < -0.39 is 17.7 Å². The molecule has 0 saturated heterocycles. The molecule has 0 heterocycles.